The second-order valence-electron chi connectivity index (χ2n) is 6.86. The van der Waals surface area contributed by atoms with E-state index in [0.717, 1.165) is 6.42 Å². The first-order chi connectivity index (χ1) is 8.98. The smallest absolute Gasteiger partial charge is 0.254 e. The van der Waals surface area contributed by atoms with Gasteiger partial charge >= 0.3 is 0 Å². The third-order valence-electron chi connectivity index (χ3n) is 4.21. The van der Waals surface area contributed by atoms with Gasteiger partial charge in [0.2, 0.25) is 0 Å². The fraction of sp³-hybridized carbons (Fsp3) is 1.00. The molecular formula is C13H29O4PSSi. The van der Waals surface area contributed by atoms with Crippen molar-refractivity contribution in [3.05, 3.63) is 0 Å². The molecule has 1 aliphatic heterocycles. The van der Waals surface area contributed by atoms with Gasteiger partial charge in [0.1, 0.15) is 6.10 Å². The predicted octanol–water partition coefficient (Wildman–Crippen LogP) is 4.37. The van der Waals surface area contributed by atoms with Gasteiger partial charge in [-0.15, -0.1) is 0 Å². The van der Waals surface area contributed by atoms with Crippen molar-refractivity contribution in [3.8, 4) is 0 Å². The molecule has 0 bridgehead atoms. The van der Waals surface area contributed by atoms with Crippen molar-refractivity contribution in [2.45, 2.75) is 57.5 Å². The monoisotopic (exact) mass is 340 g/mol. The van der Waals surface area contributed by atoms with Crippen molar-refractivity contribution in [3.63, 3.8) is 0 Å². The molecule has 1 unspecified atom stereocenters. The van der Waals surface area contributed by atoms with Gasteiger partial charge in [-0.25, -0.2) is 0 Å². The molecule has 0 N–H and O–H groups in total. The zero-order valence-corrected chi connectivity index (χ0v) is 16.5. The molecule has 1 aliphatic rings. The zero-order valence-electron chi connectivity index (χ0n) is 13.8. The van der Waals surface area contributed by atoms with E-state index in [0.29, 0.717) is 13.2 Å². The van der Waals surface area contributed by atoms with Gasteiger partial charge in [0.15, 0.2) is 8.32 Å². The Balaban J connectivity index is 2.60. The highest BCUT2D eigenvalue weighted by Gasteiger charge is 2.42. The second kappa shape index (κ2) is 6.84. The summed E-state index contributed by atoms with van der Waals surface area (Å²) in [6.45, 7) is 11.3. The fourth-order valence-electron chi connectivity index (χ4n) is 1.74. The average Bonchev–Trinajstić information content (AvgIpc) is 2.72. The molecular weight excluding hydrogens is 311 g/mol. The quantitative estimate of drug-likeness (QED) is 0.531. The lowest BCUT2D eigenvalue weighted by molar-refractivity contribution is 0.0172. The highest BCUT2D eigenvalue weighted by atomic mass is 32.7. The molecule has 0 aliphatic carbocycles. The van der Waals surface area contributed by atoms with Gasteiger partial charge in [-0.2, -0.15) is 0 Å². The maximum atomic E-state index is 11.9. The topological polar surface area (TPSA) is 44.8 Å². The molecule has 7 heteroatoms. The van der Waals surface area contributed by atoms with Gasteiger partial charge in [0.25, 0.3) is 6.57 Å². The van der Waals surface area contributed by atoms with Crippen LogP contribution in [0.3, 0.4) is 0 Å². The number of rotatable bonds is 6. The molecule has 0 spiro atoms. The van der Waals surface area contributed by atoms with Gasteiger partial charge in [0, 0.05) is 13.3 Å². The molecule has 3 atom stereocenters. The van der Waals surface area contributed by atoms with E-state index in [1.165, 1.54) is 11.4 Å². The van der Waals surface area contributed by atoms with Crippen LogP contribution in [-0.4, -0.2) is 46.7 Å². The van der Waals surface area contributed by atoms with Crippen LogP contribution in [0.15, 0.2) is 0 Å². The van der Waals surface area contributed by atoms with Gasteiger partial charge in [-0.05, 0) is 30.8 Å². The van der Waals surface area contributed by atoms with Crippen molar-refractivity contribution in [2.24, 2.45) is 0 Å². The van der Waals surface area contributed by atoms with E-state index in [1.807, 2.05) is 0 Å². The third-order valence-corrected chi connectivity index (χ3v) is 12.3. The molecule has 0 aromatic heterocycles. The van der Waals surface area contributed by atoms with Crippen LogP contribution in [0.1, 0.15) is 27.2 Å². The largest absolute Gasteiger partial charge is 0.411 e. The third kappa shape index (κ3) is 5.15. The highest BCUT2D eigenvalue weighted by Crippen LogP contribution is 2.54. The minimum absolute atomic E-state index is 0.0674. The van der Waals surface area contributed by atoms with Gasteiger partial charge < -0.3 is 13.7 Å². The lowest BCUT2D eigenvalue weighted by Gasteiger charge is -2.39. The van der Waals surface area contributed by atoms with E-state index in [4.69, 9.17) is 13.7 Å². The van der Waals surface area contributed by atoms with E-state index in [1.54, 1.807) is 12.9 Å². The Morgan fingerprint density at radius 1 is 1.40 bits per heavy atom. The summed E-state index contributed by atoms with van der Waals surface area (Å²) in [5, 5.41) is 0.181. The summed E-state index contributed by atoms with van der Waals surface area (Å²) in [7, 11) is -1.80. The fourth-order valence-corrected chi connectivity index (χ4v) is 4.14. The Bertz CT molecular complexity index is 370. The first-order valence-electron chi connectivity index (χ1n) is 7.06. The van der Waals surface area contributed by atoms with Crippen LogP contribution >= 0.6 is 18.0 Å². The molecule has 0 radical (unpaired) electrons. The van der Waals surface area contributed by atoms with Gasteiger partial charge in [-0.3, -0.25) is 4.57 Å². The zero-order chi connectivity index (χ0) is 15.6. The van der Waals surface area contributed by atoms with Crippen LogP contribution in [0.5, 0.6) is 0 Å². The first-order valence-corrected chi connectivity index (χ1v) is 13.9. The SMILES string of the molecule is CS[P@@](C)(=O)OC[C@H]1OCCC1O[Si](C)(C)C(C)(C)C. The van der Waals surface area contributed by atoms with E-state index >= 15 is 0 Å². The van der Waals surface area contributed by atoms with Crippen LogP contribution in [-0.2, 0) is 18.3 Å². The summed E-state index contributed by atoms with van der Waals surface area (Å²) < 4.78 is 29.6. The highest BCUT2D eigenvalue weighted by molar-refractivity contribution is 8.56. The average molecular weight is 340 g/mol. The molecule has 0 amide bonds. The molecule has 1 rings (SSSR count). The molecule has 0 aromatic carbocycles. The molecule has 20 heavy (non-hydrogen) atoms. The molecule has 0 aromatic rings. The molecule has 4 nitrogen and oxygen atoms in total. The summed E-state index contributed by atoms with van der Waals surface area (Å²) in [5.41, 5.74) is 0. The van der Waals surface area contributed by atoms with Crippen molar-refractivity contribution in [1.82, 2.24) is 0 Å². The lowest BCUT2D eigenvalue weighted by Crippen LogP contribution is -2.46. The number of hydrogen-bond donors (Lipinski definition) is 0. The van der Waals surface area contributed by atoms with E-state index in [-0.39, 0.29) is 17.2 Å². The Labute approximate surface area is 128 Å². The van der Waals surface area contributed by atoms with E-state index < -0.39 is 14.9 Å². The van der Waals surface area contributed by atoms with E-state index in [9.17, 15) is 4.57 Å². The van der Waals surface area contributed by atoms with Crippen LogP contribution in [0.4, 0.5) is 0 Å². The van der Waals surface area contributed by atoms with Crippen LogP contribution < -0.4 is 0 Å². The maximum absolute atomic E-state index is 11.9. The second-order valence-corrected chi connectivity index (χ2v) is 16.9. The predicted molar refractivity (Wildman–Crippen MR) is 89.4 cm³/mol. The summed E-state index contributed by atoms with van der Waals surface area (Å²) >= 11 is 1.27. The van der Waals surface area contributed by atoms with Crippen molar-refractivity contribution >= 4 is 26.3 Å². The molecule has 120 valence electrons. The number of hydrogen-bond acceptors (Lipinski definition) is 5. The normalized spacial score (nSPS) is 27.6. The maximum Gasteiger partial charge on any atom is 0.254 e. The Morgan fingerprint density at radius 3 is 2.50 bits per heavy atom. The lowest BCUT2D eigenvalue weighted by atomic mass is 10.2. The Morgan fingerprint density at radius 2 is 2.00 bits per heavy atom. The van der Waals surface area contributed by atoms with Crippen molar-refractivity contribution in [2.75, 3.05) is 26.1 Å². The van der Waals surface area contributed by atoms with Crippen LogP contribution in [0, 0.1) is 0 Å². The molecule has 1 heterocycles. The van der Waals surface area contributed by atoms with Gasteiger partial charge in [0.05, 0.1) is 12.7 Å². The van der Waals surface area contributed by atoms with E-state index in [2.05, 4.69) is 33.9 Å². The van der Waals surface area contributed by atoms with Crippen LogP contribution in [0.2, 0.25) is 18.1 Å². The summed E-state index contributed by atoms with van der Waals surface area (Å²) in [4.78, 5) is 0. The standard InChI is InChI=1S/C13H29O4PSSi/c1-13(2,3)20(6,7)17-11-8-9-15-12(11)10-16-18(4,14)19-5/h11-12H,8-10H2,1-7H3/t11?,12-,18+/m1/s1. The minimum Gasteiger partial charge on any atom is -0.411 e. The van der Waals surface area contributed by atoms with Gasteiger partial charge in [-0.1, -0.05) is 32.2 Å². The van der Waals surface area contributed by atoms with Crippen LogP contribution in [0.25, 0.3) is 0 Å². The summed E-state index contributed by atoms with van der Waals surface area (Å²) in [5.74, 6) is 0. The number of ether oxygens (including phenoxy) is 1. The summed E-state index contributed by atoms with van der Waals surface area (Å²) in [6, 6.07) is 0. The molecule has 0 saturated carbocycles. The first kappa shape index (κ1) is 18.7. The van der Waals surface area contributed by atoms with Crippen molar-refractivity contribution in [1.29, 1.82) is 0 Å². The van der Waals surface area contributed by atoms with Crippen molar-refractivity contribution < 1.29 is 18.3 Å². The minimum atomic E-state index is -2.54. The summed E-state index contributed by atoms with van der Waals surface area (Å²) in [6.07, 6.45) is 2.68. The Hall–Kier alpha value is 0.677. The molecule has 1 fully saturated rings. The molecule has 1 saturated heterocycles. The Kier molecular flexibility index (Phi) is 6.40.